The number of fused-ring (bicyclic) bond motifs is 1. The van der Waals surface area contributed by atoms with Gasteiger partial charge in [0, 0.05) is 23.9 Å². The smallest absolute Gasteiger partial charge is 0.328 e. The van der Waals surface area contributed by atoms with Gasteiger partial charge in [-0.15, -0.1) is 0 Å². The van der Waals surface area contributed by atoms with E-state index in [2.05, 4.69) is 4.98 Å². The average Bonchev–Trinajstić information content (AvgIpc) is 2.89. The number of nitrogens with zero attached hydrogens (tertiary/aromatic N) is 2. The Hall–Kier alpha value is -2.88. The Morgan fingerprint density at radius 2 is 2.15 bits per heavy atom. The van der Waals surface area contributed by atoms with Crippen LogP contribution in [0, 0.1) is 0 Å². The summed E-state index contributed by atoms with van der Waals surface area (Å²) in [5, 5.41) is 9.70. The van der Waals surface area contributed by atoms with Crippen LogP contribution in [0.4, 0.5) is 0 Å². The van der Waals surface area contributed by atoms with Crippen molar-refractivity contribution in [3.8, 4) is 5.69 Å². The molecule has 4 heteroatoms. The van der Waals surface area contributed by atoms with E-state index in [9.17, 15) is 4.79 Å². The van der Waals surface area contributed by atoms with Crippen LogP contribution < -0.4 is 0 Å². The molecule has 0 aliphatic rings. The average molecular weight is 264 g/mol. The Bertz CT molecular complexity index is 789. The van der Waals surface area contributed by atoms with Gasteiger partial charge in [0.05, 0.1) is 17.4 Å². The molecule has 0 saturated heterocycles. The van der Waals surface area contributed by atoms with Crippen molar-refractivity contribution in [2.75, 3.05) is 0 Å². The lowest BCUT2D eigenvalue weighted by molar-refractivity contribution is -0.131. The van der Waals surface area contributed by atoms with E-state index >= 15 is 0 Å². The van der Waals surface area contributed by atoms with Gasteiger partial charge in [0.25, 0.3) is 0 Å². The lowest BCUT2D eigenvalue weighted by Gasteiger charge is -2.04. The van der Waals surface area contributed by atoms with E-state index in [1.807, 2.05) is 47.2 Å². The fourth-order valence-electron chi connectivity index (χ4n) is 2.15. The van der Waals surface area contributed by atoms with Gasteiger partial charge in [-0.2, -0.15) is 0 Å². The highest BCUT2D eigenvalue weighted by Crippen LogP contribution is 2.21. The number of carbonyl (C=O) groups is 1. The summed E-state index contributed by atoms with van der Waals surface area (Å²) < 4.78 is 2.05. The quantitative estimate of drug-likeness (QED) is 0.739. The molecule has 1 N–H and O–H groups in total. The normalized spacial score (nSPS) is 11.2. The Morgan fingerprint density at radius 1 is 1.25 bits per heavy atom. The minimum atomic E-state index is -0.946. The van der Waals surface area contributed by atoms with Crippen LogP contribution in [-0.2, 0) is 4.79 Å². The second-order valence-corrected chi connectivity index (χ2v) is 4.39. The first-order valence-electron chi connectivity index (χ1n) is 6.16. The molecule has 0 amide bonds. The minimum Gasteiger partial charge on any atom is -0.478 e. The molecule has 0 bridgehead atoms. The highest BCUT2D eigenvalue weighted by atomic mass is 16.4. The number of aromatic nitrogens is 2. The van der Waals surface area contributed by atoms with Gasteiger partial charge >= 0.3 is 5.97 Å². The van der Waals surface area contributed by atoms with Gasteiger partial charge in [-0.1, -0.05) is 6.07 Å². The summed E-state index contributed by atoms with van der Waals surface area (Å²) in [5.41, 5.74) is 2.92. The molecule has 20 heavy (non-hydrogen) atoms. The van der Waals surface area contributed by atoms with Crippen molar-refractivity contribution >= 4 is 22.9 Å². The van der Waals surface area contributed by atoms with E-state index in [-0.39, 0.29) is 0 Å². The molecule has 2 aromatic heterocycles. The lowest BCUT2D eigenvalue weighted by atomic mass is 10.1. The van der Waals surface area contributed by atoms with Crippen LogP contribution in [0.1, 0.15) is 5.56 Å². The summed E-state index contributed by atoms with van der Waals surface area (Å²) >= 11 is 0. The zero-order valence-electron chi connectivity index (χ0n) is 10.6. The van der Waals surface area contributed by atoms with Gasteiger partial charge in [0.1, 0.15) is 0 Å². The highest BCUT2D eigenvalue weighted by Gasteiger charge is 2.03. The third-order valence-electron chi connectivity index (χ3n) is 3.06. The summed E-state index contributed by atoms with van der Waals surface area (Å²) in [6.07, 6.45) is 8.25. The minimum absolute atomic E-state index is 0.865. The number of carboxylic acids is 1. The van der Waals surface area contributed by atoms with E-state index in [0.717, 1.165) is 28.2 Å². The van der Waals surface area contributed by atoms with Gasteiger partial charge in [-0.3, -0.25) is 4.98 Å². The first kappa shape index (κ1) is 12.2. The molecule has 0 saturated carbocycles. The maximum Gasteiger partial charge on any atom is 0.328 e. The highest BCUT2D eigenvalue weighted by molar-refractivity contribution is 5.88. The van der Waals surface area contributed by atoms with Crippen LogP contribution >= 0.6 is 0 Å². The zero-order chi connectivity index (χ0) is 13.9. The number of benzene rings is 1. The first-order chi connectivity index (χ1) is 9.74. The Balaban J connectivity index is 2.05. The fourth-order valence-corrected chi connectivity index (χ4v) is 2.15. The van der Waals surface area contributed by atoms with Crippen molar-refractivity contribution in [3.63, 3.8) is 0 Å². The van der Waals surface area contributed by atoms with E-state index in [4.69, 9.17) is 5.11 Å². The summed E-state index contributed by atoms with van der Waals surface area (Å²) in [5.74, 6) is -0.946. The van der Waals surface area contributed by atoms with Gasteiger partial charge in [0.2, 0.25) is 0 Å². The number of carboxylic acid groups (broad SMARTS) is 1. The Labute approximate surface area is 115 Å². The molecule has 98 valence electrons. The Kier molecular flexibility index (Phi) is 3.05. The molecule has 0 spiro atoms. The third-order valence-corrected chi connectivity index (χ3v) is 3.06. The fraction of sp³-hybridized carbons (Fsp3) is 0. The van der Waals surface area contributed by atoms with Crippen LogP contribution in [0.2, 0.25) is 0 Å². The van der Waals surface area contributed by atoms with Crippen LogP contribution in [0.5, 0.6) is 0 Å². The van der Waals surface area contributed by atoms with Crippen molar-refractivity contribution in [2.24, 2.45) is 0 Å². The number of hydrogen-bond donors (Lipinski definition) is 1. The largest absolute Gasteiger partial charge is 0.478 e. The Morgan fingerprint density at radius 3 is 2.90 bits per heavy atom. The standard InChI is InChI=1S/C16H12N2O2/c19-16(20)6-4-12-3-5-15-13(10-12)7-9-18(15)14-2-1-8-17-11-14/h1-11H,(H,19,20)/b6-4+. The van der Waals surface area contributed by atoms with Gasteiger partial charge < -0.3 is 9.67 Å². The monoisotopic (exact) mass is 264 g/mol. The van der Waals surface area contributed by atoms with Crippen LogP contribution in [0.25, 0.3) is 22.7 Å². The molecule has 3 aromatic rings. The number of rotatable bonds is 3. The van der Waals surface area contributed by atoms with Crippen molar-refractivity contribution in [2.45, 2.75) is 0 Å². The second-order valence-electron chi connectivity index (χ2n) is 4.39. The molecule has 1 aromatic carbocycles. The van der Waals surface area contributed by atoms with Crippen molar-refractivity contribution in [1.82, 2.24) is 9.55 Å². The molecular formula is C16H12N2O2. The van der Waals surface area contributed by atoms with Gasteiger partial charge in [0.15, 0.2) is 0 Å². The number of aliphatic carboxylic acids is 1. The molecular weight excluding hydrogens is 252 g/mol. The maximum absolute atomic E-state index is 10.5. The maximum atomic E-state index is 10.5. The first-order valence-corrected chi connectivity index (χ1v) is 6.16. The van der Waals surface area contributed by atoms with E-state index in [0.29, 0.717) is 0 Å². The number of hydrogen-bond acceptors (Lipinski definition) is 2. The summed E-state index contributed by atoms with van der Waals surface area (Å²) in [6.45, 7) is 0. The van der Waals surface area contributed by atoms with Crippen LogP contribution in [0.3, 0.4) is 0 Å². The SMILES string of the molecule is O=C(O)/C=C/c1ccc2c(ccn2-c2cccnc2)c1. The molecule has 0 aliphatic heterocycles. The summed E-state index contributed by atoms with van der Waals surface area (Å²) in [7, 11) is 0. The topological polar surface area (TPSA) is 55.1 Å². The molecule has 0 unspecified atom stereocenters. The predicted octanol–water partition coefficient (Wildman–Crippen LogP) is 3.12. The summed E-state index contributed by atoms with van der Waals surface area (Å²) in [4.78, 5) is 14.6. The van der Waals surface area contributed by atoms with Crippen LogP contribution in [0.15, 0.2) is 61.1 Å². The predicted molar refractivity (Wildman–Crippen MR) is 77.7 cm³/mol. The van der Waals surface area contributed by atoms with Crippen molar-refractivity contribution in [1.29, 1.82) is 0 Å². The molecule has 4 nitrogen and oxygen atoms in total. The van der Waals surface area contributed by atoms with Crippen molar-refractivity contribution < 1.29 is 9.90 Å². The molecule has 0 fully saturated rings. The molecule has 2 heterocycles. The lowest BCUT2D eigenvalue weighted by Crippen LogP contribution is -1.91. The van der Waals surface area contributed by atoms with E-state index in [1.165, 1.54) is 0 Å². The molecule has 0 aliphatic carbocycles. The molecule has 0 radical (unpaired) electrons. The van der Waals surface area contributed by atoms with Gasteiger partial charge in [-0.05, 0) is 42.0 Å². The molecule has 0 atom stereocenters. The number of pyridine rings is 1. The van der Waals surface area contributed by atoms with Gasteiger partial charge in [-0.25, -0.2) is 4.79 Å². The molecule has 3 rings (SSSR count). The zero-order valence-corrected chi connectivity index (χ0v) is 10.6. The van der Waals surface area contributed by atoms with Crippen molar-refractivity contribution in [3.05, 3.63) is 66.6 Å². The van der Waals surface area contributed by atoms with E-state index in [1.54, 1.807) is 18.5 Å². The third kappa shape index (κ3) is 2.31. The summed E-state index contributed by atoms with van der Waals surface area (Å²) in [6, 6.07) is 11.7. The van der Waals surface area contributed by atoms with Crippen LogP contribution in [-0.4, -0.2) is 20.6 Å². The van der Waals surface area contributed by atoms with E-state index < -0.39 is 5.97 Å². The second kappa shape index (κ2) is 5.01.